The van der Waals surface area contributed by atoms with E-state index in [9.17, 15) is 10.1 Å². The molecule has 0 aliphatic carbocycles. The molecule has 0 saturated carbocycles. The standard InChI is InChI=1S/C31H40N2O3/c34-33(35)30-21-23-31(24-22-30)36-26-16-8-6-4-2-1-3-5-7-15-25-32(29-19-13-10-14-20-29)27-28-17-11-9-12-18-28/h9-14,17-24H,1-8,15-16,25-27H2. The highest BCUT2D eigenvalue weighted by molar-refractivity contribution is 5.46. The van der Waals surface area contributed by atoms with Crippen LogP contribution < -0.4 is 9.64 Å². The summed E-state index contributed by atoms with van der Waals surface area (Å²) in [6.45, 7) is 2.73. The first kappa shape index (κ1) is 27.3. The van der Waals surface area contributed by atoms with Crippen molar-refractivity contribution in [3.05, 3.63) is 101 Å². The summed E-state index contributed by atoms with van der Waals surface area (Å²) in [5, 5.41) is 10.7. The summed E-state index contributed by atoms with van der Waals surface area (Å²) in [6, 6.07) is 27.8. The number of nitro groups is 1. The maximum absolute atomic E-state index is 10.7. The van der Waals surface area contributed by atoms with Crippen LogP contribution in [0.25, 0.3) is 0 Å². The third-order valence-corrected chi connectivity index (χ3v) is 6.48. The number of unbranched alkanes of at least 4 members (excludes halogenated alkanes) is 9. The maximum Gasteiger partial charge on any atom is 0.269 e. The number of hydrogen-bond donors (Lipinski definition) is 0. The Labute approximate surface area is 216 Å². The highest BCUT2D eigenvalue weighted by atomic mass is 16.6. The molecule has 192 valence electrons. The van der Waals surface area contributed by atoms with Gasteiger partial charge in [0, 0.05) is 30.9 Å². The monoisotopic (exact) mass is 488 g/mol. The predicted octanol–water partition coefficient (Wildman–Crippen LogP) is 8.58. The molecule has 0 heterocycles. The number of nitrogens with zero attached hydrogens (tertiary/aromatic N) is 2. The van der Waals surface area contributed by atoms with Gasteiger partial charge < -0.3 is 9.64 Å². The second-order valence-electron chi connectivity index (χ2n) is 9.38. The summed E-state index contributed by atoms with van der Waals surface area (Å²) in [6.07, 6.45) is 12.5. The van der Waals surface area contributed by atoms with Crippen molar-refractivity contribution in [2.45, 2.75) is 70.8 Å². The number of rotatable bonds is 18. The smallest absolute Gasteiger partial charge is 0.269 e. The molecule has 0 radical (unpaired) electrons. The molecule has 3 aromatic rings. The molecule has 0 aliphatic rings. The molecular formula is C31H40N2O3. The van der Waals surface area contributed by atoms with Gasteiger partial charge in [-0.1, -0.05) is 99.9 Å². The third-order valence-electron chi connectivity index (χ3n) is 6.48. The first-order valence-corrected chi connectivity index (χ1v) is 13.4. The molecule has 0 aromatic heterocycles. The van der Waals surface area contributed by atoms with Crippen LogP contribution in [0, 0.1) is 10.1 Å². The summed E-state index contributed by atoms with van der Waals surface area (Å²) in [5.74, 6) is 0.701. The number of hydrogen-bond acceptors (Lipinski definition) is 4. The van der Waals surface area contributed by atoms with Crippen LogP contribution in [0.4, 0.5) is 11.4 Å². The third kappa shape index (κ3) is 10.5. The van der Waals surface area contributed by atoms with Gasteiger partial charge in [0.25, 0.3) is 5.69 Å². The van der Waals surface area contributed by atoms with Gasteiger partial charge >= 0.3 is 0 Å². The minimum Gasteiger partial charge on any atom is -0.494 e. The zero-order valence-corrected chi connectivity index (χ0v) is 21.4. The van der Waals surface area contributed by atoms with Gasteiger partial charge in [-0.3, -0.25) is 10.1 Å². The Morgan fingerprint density at radius 3 is 1.75 bits per heavy atom. The molecular weight excluding hydrogens is 448 g/mol. The quantitative estimate of drug-likeness (QED) is 0.102. The summed E-state index contributed by atoms with van der Waals surface area (Å²) < 4.78 is 5.68. The van der Waals surface area contributed by atoms with Gasteiger partial charge in [-0.05, 0) is 42.7 Å². The van der Waals surface area contributed by atoms with Crippen LogP contribution in [0.2, 0.25) is 0 Å². The Kier molecular flexibility index (Phi) is 12.4. The van der Waals surface area contributed by atoms with Crippen molar-refractivity contribution >= 4 is 11.4 Å². The first-order chi connectivity index (χ1) is 17.7. The Bertz CT molecular complexity index is 978. The molecule has 0 N–H and O–H groups in total. The van der Waals surface area contributed by atoms with Crippen molar-refractivity contribution in [2.75, 3.05) is 18.1 Å². The van der Waals surface area contributed by atoms with Crippen molar-refractivity contribution in [2.24, 2.45) is 0 Å². The lowest BCUT2D eigenvalue weighted by Gasteiger charge is -2.25. The SMILES string of the molecule is O=[N+]([O-])c1ccc(OCCCCCCCCCCCCN(Cc2ccccc2)c2ccccc2)cc1. The zero-order chi connectivity index (χ0) is 25.3. The highest BCUT2D eigenvalue weighted by Gasteiger charge is 2.07. The van der Waals surface area contributed by atoms with Crippen LogP contribution >= 0.6 is 0 Å². The summed E-state index contributed by atoms with van der Waals surface area (Å²) >= 11 is 0. The molecule has 0 saturated heterocycles. The molecule has 3 aromatic carbocycles. The first-order valence-electron chi connectivity index (χ1n) is 13.4. The van der Waals surface area contributed by atoms with Crippen molar-refractivity contribution in [1.29, 1.82) is 0 Å². The van der Waals surface area contributed by atoms with E-state index in [1.54, 1.807) is 12.1 Å². The second kappa shape index (κ2) is 16.4. The molecule has 0 spiro atoms. The van der Waals surface area contributed by atoms with Crippen LogP contribution in [0.1, 0.15) is 69.8 Å². The fourth-order valence-corrected chi connectivity index (χ4v) is 4.42. The van der Waals surface area contributed by atoms with Crippen molar-refractivity contribution in [3.8, 4) is 5.75 Å². The molecule has 0 amide bonds. The van der Waals surface area contributed by atoms with E-state index in [2.05, 4.69) is 65.6 Å². The Balaban J connectivity index is 1.18. The van der Waals surface area contributed by atoms with E-state index in [0.717, 1.165) is 19.5 Å². The van der Waals surface area contributed by atoms with Gasteiger partial charge in [0.2, 0.25) is 0 Å². The van der Waals surface area contributed by atoms with E-state index in [4.69, 9.17) is 4.74 Å². The second-order valence-corrected chi connectivity index (χ2v) is 9.38. The van der Waals surface area contributed by atoms with Gasteiger partial charge in [-0.15, -0.1) is 0 Å². The van der Waals surface area contributed by atoms with E-state index in [-0.39, 0.29) is 5.69 Å². The summed E-state index contributed by atoms with van der Waals surface area (Å²) in [7, 11) is 0. The highest BCUT2D eigenvalue weighted by Crippen LogP contribution is 2.19. The maximum atomic E-state index is 10.7. The van der Waals surface area contributed by atoms with E-state index < -0.39 is 4.92 Å². The number of benzene rings is 3. The lowest BCUT2D eigenvalue weighted by molar-refractivity contribution is -0.384. The summed E-state index contributed by atoms with van der Waals surface area (Å²) in [5.41, 5.74) is 2.76. The largest absolute Gasteiger partial charge is 0.494 e. The molecule has 0 bridgehead atoms. The topological polar surface area (TPSA) is 55.6 Å². The van der Waals surface area contributed by atoms with Crippen LogP contribution in [0.15, 0.2) is 84.9 Å². The minimum absolute atomic E-state index is 0.0968. The number of para-hydroxylation sites is 1. The number of ether oxygens (including phenoxy) is 1. The fourth-order valence-electron chi connectivity index (χ4n) is 4.42. The average Bonchev–Trinajstić information content (AvgIpc) is 2.92. The predicted molar refractivity (Wildman–Crippen MR) is 149 cm³/mol. The van der Waals surface area contributed by atoms with Crippen LogP contribution in [0.3, 0.4) is 0 Å². The van der Waals surface area contributed by atoms with E-state index in [1.807, 2.05) is 0 Å². The molecule has 0 aliphatic heterocycles. The van der Waals surface area contributed by atoms with Gasteiger partial charge in [-0.2, -0.15) is 0 Å². The molecule has 3 rings (SSSR count). The van der Waals surface area contributed by atoms with Crippen molar-refractivity contribution < 1.29 is 9.66 Å². The Morgan fingerprint density at radius 1 is 0.639 bits per heavy atom. The van der Waals surface area contributed by atoms with E-state index in [0.29, 0.717) is 12.4 Å². The van der Waals surface area contributed by atoms with Gasteiger partial charge in [0.15, 0.2) is 0 Å². The summed E-state index contributed by atoms with van der Waals surface area (Å²) in [4.78, 5) is 12.8. The fraction of sp³-hybridized carbons (Fsp3) is 0.419. The molecule has 36 heavy (non-hydrogen) atoms. The number of non-ortho nitro benzene ring substituents is 1. The lowest BCUT2D eigenvalue weighted by atomic mass is 10.1. The van der Waals surface area contributed by atoms with E-state index in [1.165, 1.54) is 81.2 Å². The van der Waals surface area contributed by atoms with Crippen molar-refractivity contribution in [3.63, 3.8) is 0 Å². The molecule has 0 unspecified atom stereocenters. The Hall–Kier alpha value is -3.34. The normalized spacial score (nSPS) is 10.8. The van der Waals surface area contributed by atoms with Crippen molar-refractivity contribution in [1.82, 2.24) is 0 Å². The van der Waals surface area contributed by atoms with Crippen LogP contribution in [-0.2, 0) is 6.54 Å². The number of anilines is 1. The lowest BCUT2D eigenvalue weighted by Crippen LogP contribution is -2.23. The number of nitro benzene ring substituents is 1. The average molecular weight is 489 g/mol. The Morgan fingerprint density at radius 2 is 1.17 bits per heavy atom. The van der Waals surface area contributed by atoms with Crippen LogP contribution in [-0.4, -0.2) is 18.1 Å². The minimum atomic E-state index is -0.392. The van der Waals surface area contributed by atoms with E-state index >= 15 is 0 Å². The molecule has 5 heteroatoms. The molecule has 5 nitrogen and oxygen atoms in total. The van der Waals surface area contributed by atoms with Gasteiger partial charge in [0.05, 0.1) is 11.5 Å². The van der Waals surface area contributed by atoms with Crippen LogP contribution in [0.5, 0.6) is 5.75 Å². The zero-order valence-electron chi connectivity index (χ0n) is 21.4. The van der Waals surface area contributed by atoms with Gasteiger partial charge in [0.1, 0.15) is 5.75 Å². The van der Waals surface area contributed by atoms with Gasteiger partial charge in [-0.25, -0.2) is 0 Å². The molecule has 0 atom stereocenters. The molecule has 0 fully saturated rings.